The van der Waals surface area contributed by atoms with Crippen molar-refractivity contribution in [1.82, 2.24) is 14.8 Å². The molecule has 8 nitrogen and oxygen atoms in total. The van der Waals surface area contributed by atoms with E-state index < -0.39 is 5.97 Å². The standard InChI is InChI=1S/C22H25N3O5/c1-4-30-22(27)16-11-17(26)19-20(13-6-5-7-13)24-25(21(19)23-16)12-14-8-9-15(28-2)10-18(14)29-3/h8-11,13H,4-7,12H2,1-3H3,(H,23,26). The van der Waals surface area contributed by atoms with Gasteiger partial charge in [0.15, 0.2) is 11.3 Å². The maximum absolute atomic E-state index is 12.2. The van der Waals surface area contributed by atoms with Crippen LogP contribution in [0.25, 0.3) is 11.0 Å². The summed E-state index contributed by atoms with van der Waals surface area (Å²) < 4.78 is 17.6. The quantitative estimate of drug-likeness (QED) is 0.593. The number of carbonyl (C=O) groups is 1. The van der Waals surface area contributed by atoms with E-state index >= 15 is 0 Å². The molecule has 1 fully saturated rings. The van der Waals surface area contributed by atoms with Gasteiger partial charge in [-0.05, 0) is 31.9 Å². The Balaban J connectivity index is 1.83. The molecule has 0 amide bonds. The van der Waals surface area contributed by atoms with Gasteiger partial charge in [0.05, 0.1) is 38.5 Å². The molecule has 30 heavy (non-hydrogen) atoms. The van der Waals surface area contributed by atoms with E-state index in [-0.39, 0.29) is 24.0 Å². The Labute approximate surface area is 174 Å². The highest BCUT2D eigenvalue weighted by atomic mass is 16.5. The Morgan fingerprint density at radius 1 is 1.23 bits per heavy atom. The molecular formula is C22H25N3O5. The van der Waals surface area contributed by atoms with Crippen LogP contribution in [-0.4, -0.2) is 46.7 Å². The molecule has 0 atom stereocenters. The minimum absolute atomic E-state index is 0.00195. The van der Waals surface area contributed by atoms with E-state index in [1.165, 1.54) is 6.07 Å². The third kappa shape index (κ3) is 3.53. The summed E-state index contributed by atoms with van der Waals surface area (Å²) in [5.41, 5.74) is 2.22. The zero-order valence-corrected chi connectivity index (χ0v) is 17.3. The van der Waals surface area contributed by atoms with Crippen molar-refractivity contribution in [2.45, 2.75) is 38.6 Å². The van der Waals surface area contributed by atoms with Gasteiger partial charge in [0.1, 0.15) is 17.2 Å². The number of pyridine rings is 1. The molecule has 0 bridgehead atoms. The van der Waals surface area contributed by atoms with Crippen molar-refractivity contribution in [1.29, 1.82) is 0 Å². The van der Waals surface area contributed by atoms with Crippen LogP contribution in [0, 0.1) is 0 Å². The van der Waals surface area contributed by atoms with Crippen LogP contribution in [-0.2, 0) is 11.3 Å². The number of fused-ring (bicyclic) bond motifs is 1. The van der Waals surface area contributed by atoms with E-state index in [1.54, 1.807) is 25.8 Å². The van der Waals surface area contributed by atoms with Crippen molar-refractivity contribution in [2.24, 2.45) is 0 Å². The zero-order valence-electron chi connectivity index (χ0n) is 17.3. The molecule has 3 aromatic rings. The van der Waals surface area contributed by atoms with E-state index in [0.29, 0.717) is 29.1 Å². The second-order valence-electron chi connectivity index (χ2n) is 7.29. The fraction of sp³-hybridized carbons (Fsp3) is 0.409. The monoisotopic (exact) mass is 411 g/mol. The number of aromatic nitrogens is 3. The van der Waals surface area contributed by atoms with Crippen LogP contribution in [0.4, 0.5) is 0 Å². The maximum Gasteiger partial charge on any atom is 0.357 e. The first-order valence-corrected chi connectivity index (χ1v) is 10.0. The fourth-order valence-electron chi connectivity index (χ4n) is 3.71. The minimum Gasteiger partial charge on any atom is -0.507 e. The Morgan fingerprint density at radius 2 is 2.03 bits per heavy atom. The highest BCUT2D eigenvalue weighted by Gasteiger charge is 2.29. The average molecular weight is 411 g/mol. The molecule has 2 heterocycles. The smallest absolute Gasteiger partial charge is 0.357 e. The van der Waals surface area contributed by atoms with Crippen molar-refractivity contribution in [3.8, 4) is 17.2 Å². The average Bonchev–Trinajstić information content (AvgIpc) is 3.05. The molecule has 0 aliphatic heterocycles. The molecule has 8 heteroatoms. The Kier molecular flexibility index (Phi) is 5.48. The lowest BCUT2D eigenvalue weighted by atomic mass is 9.82. The van der Waals surface area contributed by atoms with Gasteiger partial charge in [-0.1, -0.05) is 6.42 Å². The van der Waals surface area contributed by atoms with Crippen molar-refractivity contribution >= 4 is 17.0 Å². The number of nitrogens with zero attached hydrogens (tertiary/aromatic N) is 3. The van der Waals surface area contributed by atoms with Gasteiger partial charge in [-0.2, -0.15) is 5.10 Å². The number of esters is 1. The second-order valence-corrected chi connectivity index (χ2v) is 7.29. The fourth-order valence-corrected chi connectivity index (χ4v) is 3.71. The van der Waals surface area contributed by atoms with Gasteiger partial charge in [-0.25, -0.2) is 14.5 Å². The van der Waals surface area contributed by atoms with Gasteiger partial charge in [0.25, 0.3) is 0 Å². The third-order valence-electron chi connectivity index (χ3n) is 5.50. The summed E-state index contributed by atoms with van der Waals surface area (Å²) in [6.45, 7) is 2.33. The molecule has 1 saturated carbocycles. The molecule has 2 aromatic heterocycles. The van der Waals surface area contributed by atoms with E-state index in [0.717, 1.165) is 30.5 Å². The normalized spacial score (nSPS) is 13.8. The summed E-state index contributed by atoms with van der Waals surface area (Å²) in [4.78, 5) is 16.7. The van der Waals surface area contributed by atoms with Gasteiger partial charge in [-0.15, -0.1) is 0 Å². The van der Waals surface area contributed by atoms with Gasteiger partial charge in [0.2, 0.25) is 0 Å². The van der Waals surface area contributed by atoms with E-state index in [4.69, 9.17) is 19.3 Å². The molecule has 0 radical (unpaired) electrons. The maximum atomic E-state index is 12.2. The summed E-state index contributed by atoms with van der Waals surface area (Å²) in [5, 5.41) is 16.1. The molecule has 158 valence electrons. The molecular weight excluding hydrogens is 386 g/mol. The summed E-state index contributed by atoms with van der Waals surface area (Å²) in [6, 6.07) is 6.93. The molecule has 1 aliphatic rings. The SMILES string of the molecule is CCOC(=O)c1cc(O)c2c(C3CCC3)nn(Cc3ccc(OC)cc3OC)c2n1. The summed E-state index contributed by atoms with van der Waals surface area (Å²) in [5.74, 6) is 1.06. The zero-order chi connectivity index (χ0) is 21.3. The number of hydrogen-bond donors (Lipinski definition) is 1. The van der Waals surface area contributed by atoms with Crippen molar-refractivity contribution in [3.05, 3.63) is 41.2 Å². The van der Waals surface area contributed by atoms with Crippen molar-refractivity contribution < 1.29 is 24.1 Å². The number of benzene rings is 1. The lowest BCUT2D eigenvalue weighted by Gasteiger charge is -2.23. The van der Waals surface area contributed by atoms with Gasteiger partial charge in [-0.3, -0.25) is 0 Å². The topological polar surface area (TPSA) is 95.7 Å². The predicted molar refractivity (Wildman–Crippen MR) is 110 cm³/mol. The van der Waals surface area contributed by atoms with Crippen LogP contribution in [0.1, 0.15) is 53.8 Å². The molecule has 0 saturated heterocycles. The Morgan fingerprint density at radius 3 is 2.67 bits per heavy atom. The molecule has 1 N–H and O–H groups in total. The first-order valence-electron chi connectivity index (χ1n) is 10.0. The van der Waals surface area contributed by atoms with Crippen LogP contribution in [0.2, 0.25) is 0 Å². The second kappa shape index (κ2) is 8.22. The van der Waals surface area contributed by atoms with Crippen LogP contribution in [0.3, 0.4) is 0 Å². The predicted octanol–water partition coefficient (Wildman–Crippen LogP) is 3.65. The highest BCUT2D eigenvalue weighted by molar-refractivity contribution is 5.94. The summed E-state index contributed by atoms with van der Waals surface area (Å²) in [7, 11) is 3.20. The van der Waals surface area contributed by atoms with Crippen LogP contribution in [0.15, 0.2) is 24.3 Å². The van der Waals surface area contributed by atoms with Crippen LogP contribution < -0.4 is 9.47 Å². The Bertz CT molecular complexity index is 1090. The molecule has 0 unspecified atom stereocenters. The number of methoxy groups -OCH3 is 2. The first-order chi connectivity index (χ1) is 14.5. The number of carbonyl (C=O) groups excluding carboxylic acids is 1. The highest BCUT2D eigenvalue weighted by Crippen LogP contribution is 2.42. The van der Waals surface area contributed by atoms with E-state index in [9.17, 15) is 9.90 Å². The lowest BCUT2D eigenvalue weighted by molar-refractivity contribution is 0.0519. The van der Waals surface area contributed by atoms with Gasteiger partial charge in [0, 0.05) is 23.6 Å². The number of aromatic hydroxyl groups is 1. The third-order valence-corrected chi connectivity index (χ3v) is 5.50. The minimum atomic E-state index is -0.574. The number of rotatable bonds is 7. The van der Waals surface area contributed by atoms with Crippen LogP contribution >= 0.6 is 0 Å². The Hall–Kier alpha value is -3.29. The number of hydrogen-bond acceptors (Lipinski definition) is 7. The van der Waals surface area contributed by atoms with Crippen molar-refractivity contribution in [3.63, 3.8) is 0 Å². The molecule has 0 spiro atoms. The summed E-state index contributed by atoms with van der Waals surface area (Å²) in [6.07, 6.45) is 3.19. The van der Waals surface area contributed by atoms with E-state index in [2.05, 4.69) is 4.98 Å². The first kappa shape index (κ1) is 20.0. The van der Waals surface area contributed by atoms with E-state index in [1.807, 2.05) is 18.2 Å². The molecule has 1 aromatic carbocycles. The number of ether oxygens (including phenoxy) is 3. The lowest BCUT2D eigenvalue weighted by Crippen LogP contribution is -2.11. The van der Waals surface area contributed by atoms with Gasteiger partial charge < -0.3 is 19.3 Å². The largest absolute Gasteiger partial charge is 0.507 e. The van der Waals surface area contributed by atoms with Gasteiger partial charge >= 0.3 is 5.97 Å². The summed E-state index contributed by atoms with van der Waals surface area (Å²) >= 11 is 0. The molecule has 4 rings (SSSR count). The molecule has 1 aliphatic carbocycles. The van der Waals surface area contributed by atoms with Crippen molar-refractivity contribution in [2.75, 3.05) is 20.8 Å². The van der Waals surface area contributed by atoms with Crippen LogP contribution in [0.5, 0.6) is 17.2 Å².